The molecule has 0 radical (unpaired) electrons. The quantitative estimate of drug-likeness (QED) is 0.404. The number of benzene rings is 1. The summed E-state index contributed by atoms with van der Waals surface area (Å²) in [6, 6.07) is 11.0. The van der Waals surface area contributed by atoms with Gasteiger partial charge in [-0.15, -0.1) is 0 Å². The molecule has 29 heavy (non-hydrogen) atoms. The van der Waals surface area contributed by atoms with Gasteiger partial charge in [0.1, 0.15) is 5.82 Å². The number of fused-ring (bicyclic) bond motifs is 3. The molecule has 0 spiro atoms. The fraction of sp³-hybridized carbons (Fsp3) is 0.478. The topological polar surface area (TPSA) is 77.7 Å². The smallest absolute Gasteiger partial charge is 0.224 e. The van der Waals surface area contributed by atoms with Gasteiger partial charge >= 0.3 is 0 Å². The molecule has 0 saturated carbocycles. The van der Waals surface area contributed by atoms with Crippen LogP contribution in [0.1, 0.15) is 50.4 Å². The molecule has 3 aromatic rings. The lowest BCUT2D eigenvalue weighted by Gasteiger charge is -2.24. The fourth-order valence-corrected chi connectivity index (χ4v) is 4.04. The van der Waals surface area contributed by atoms with E-state index in [2.05, 4.69) is 69.0 Å². The molecule has 2 heterocycles. The monoisotopic (exact) mass is 392 g/mol. The van der Waals surface area contributed by atoms with Gasteiger partial charge in [-0.3, -0.25) is 0 Å². The Balaban J connectivity index is 1.25. The van der Waals surface area contributed by atoms with Gasteiger partial charge in [-0.2, -0.15) is 4.98 Å². The summed E-state index contributed by atoms with van der Waals surface area (Å²) in [5.41, 5.74) is 4.16. The van der Waals surface area contributed by atoms with Crippen LogP contribution in [0.5, 0.6) is 0 Å². The summed E-state index contributed by atoms with van der Waals surface area (Å²) in [5, 5.41) is 11.8. The highest BCUT2D eigenvalue weighted by Crippen LogP contribution is 2.34. The zero-order chi connectivity index (χ0) is 20.1. The molecule has 1 atom stereocenters. The molecule has 0 saturated heterocycles. The summed E-state index contributed by atoms with van der Waals surface area (Å²) in [4.78, 5) is 12.5. The Morgan fingerprint density at radius 3 is 2.93 bits per heavy atom. The van der Waals surface area contributed by atoms with E-state index in [1.54, 1.807) is 6.20 Å². The van der Waals surface area contributed by atoms with Crippen LogP contribution in [0.4, 0.5) is 11.8 Å². The Morgan fingerprint density at radius 2 is 2.03 bits per heavy atom. The van der Waals surface area contributed by atoms with E-state index in [0.717, 1.165) is 31.9 Å². The number of nitrogens with zero attached hydrogens (tertiary/aromatic N) is 2. The number of nitrogens with one attached hydrogen (secondary N) is 4. The maximum atomic E-state index is 4.53. The first kappa shape index (κ1) is 19.7. The number of H-pyrrole nitrogens is 1. The Morgan fingerprint density at radius 1 is 1.14 bits per heavy atom. The minimum Gasteiger partial charge on any atom is -0.370 e. The van der Waals surface area contributed by atoms with E-state index < -0.39 is 0 Å². The predicted molar refractivity (Wildman–Crippen MR) is 120 cm³/mol. The van der Waals surface area contributed by atoms with Crippen LogP contribution in [0.25, 0.3) is 10.9 Å². The van der Waals surface area contributed by atoms with Gasteiger partial charge in [-0.05, 0) is 55.8 Å². The van der Waals surface area contributed by atoms with Crippen molar-refractivity contribution in [1.82, 2.24) is 20.3 Å². The summed E-state index contributed by atoms with van der Waals surface area (Å²) in [6.45, 7) is 7.10. The number of aryl methyl sites for hydroxylation is 1. The molecule has 4 rings (SSSR count). The SMILES string of the molecule is CC(C)CNc1nccc(NCCCNC2CCCc3c2[nH]c2ccccc32)n1. The molecular formula is C23H32N6. The molecule has 154 valence electrons. The lowest BCUT2D eigenvalue weighted by molar-refractivity contribution is 0.452. The lowest BCUT2D eigenvalue weighted by Crippen LogP contribution is -2.27. The molecule has 2 aromatic heterocycles. The van der Waals surface area contributed by atoms with Crippen LogP contribution < -0.4 is 16.0 Å². The first-order valence-electron chi connectivity index (χ1n) is 10.8. The Bertz CT molecular complexity index is 932. The van der Waals surface area contributed by atoms with Gasteiger partial charge < -0.3 is 20.9 Å². The highest BCUT2D eigenvalue weighted by Gasteiger charge is 2.23. The Kier molecular flexibility index (Phi) is 6.30. The largest absolute Gasteiger partial charge is 0.370 e. The van der Waals surface area contributed by atoms with Gasteiger partial charge in [0.15, 0.2) is 0 Å². The first-order valence-corrected chi connectivity index (χ1v) is 10.8. The molecule has 0 bridgehead atoms. The molecule has 4 N–H and O–H groups in total. The van der Waals surface area contributed by atoms with Crippen LogP contribution in [0.2, 0.25) is 0 Å². The van der Waals surface area contributed by atoms with Crippen molar-refractivity contribution in [2.24, 2.45) is 5.92 Å². The van der Waals surface area contributed by atoms with Crippen molar-refractivity contribution < 1.29 is 0 Å². The Labute approximate surface area is 172 Å². The minimum absolute atomic E-state index is 0.428. The van der Waals surface area contributed by atoms with Gasteiger partial charge in [0, 0.05) is 41.9 Å². The summed E-state index contributed by atoms with van der Waals surface area (Å²) >= 11 is 0. The van der Waals surface area contributed by atoms with Gasteiger partial charge in [-0.1, -0.05) is 32.0 Å². The molecule has 1 aliphatic rings. The van der Waals surface area contributed by atoms with Gasteiger partial charge in [0.05, 0.1) is 0 Å². The number of aromatic amines is 1. The Hall–Kier alpha value is -2.60. The lowest BCUT2D eigenvalue weighted by atomic mass is 9.91. The van der Waals surface area contributed by atoms with Gasteiger partial charge in [0.25, 0.3) is 0 Å². The molecule has 0 fully saturated rings. The second-order valence-corrected chi connectivity index (χ2v) is 8.28. The summed E-state index contributed by atoms with van der Waals surface area (Å²) in [5.74, 6) is 2.14. The number of rotatable bonds is 9. The standard InChI is InChI=1S/C23H32N6/c1-16(2)15-27-23-26-14-11-21(29-23)25-13-6-12-24-20-10-5-8-18-17-7-3-4-9-19(17)28-22(18)20/h3-4,7,9,11,14,16,20,24,28H,5-6,8,10,12-13,15H2,1-2H3,(H2,25,26,27,29). The zero-order valence-electron chi connectivity index (χ0n) is 17.5. The van der Waals surface area contributed by atoms with Crippen molar-refractivity contribution in [2.45, 2.75) is 45.6 Å². The van der Waals surface area contributed by atoms with Crippen LogP contribution in [-0.2, 0) is 6.42 Å². The summed E-state index contributed by atoms with van der Waals surface area (Å²) < 4.78 is 0. The van der Waals surface area contributed by atoms with Gasteiger partial charge in [-0.25, -0.2) is 4.98 Å². The normalized spacial score (nSPS) is 16.2. The average molecular weight is 393 g/mol. The number of aromatic nitrogens is 3. The summed E-state index contributed by atoms with van der Waals surface area (Å²) in [6.07, 6.45) is 6.47. The van der Waals surface area contributed by atoms with E-state index in [-0.39, 0.29) is 0 Å². The third-order valence-electron chi connectivity index (χ3n) is 5.49. The number of para-hydroxylation sites is 1. The molecular weight excluding hydrogens is 360 g/mol. The maximum absolute atomic E-state index is 4.53. The van der Waals surface area contributed by atoms with Crippen LogP contribution in [0.15, 0.2) is 36.5 Å². The second-order valence-electron chi connectivity index (χ2n) is 8.28. The number of hydrogen-bond acceptors (Lipinski definition) is 5. The maximum Gasteiger partial charge on any atom is 0.224 e. The van der Waals surface area contributed by atoms with Crippen LogP contribution >= 0.6 is 0 Å². The van der Waals surface area contributed by atoms with E-state index in [1.807, 2.05) is 6.07 Å². The predicted octanol–water partition coefficient (Wildman–Crippen LogP) is 4.50. The van der Waals surface area contributed by atoms with Crippen molar-refractivity contribution in [2.75, 3.05) is 30.3 Å². The second kappa shape index (κ2) is 9.27. The highest BCUT2D eigenvalue weighted by molar-refractivity contribution is 5.85. The van der Waals surface area contributed by atoms with E-state index in [9.17, 15) is 0 Å². The molecule has 1 aromatic carbocycles. The number of hydrogen-bond donors (Lipinski definition) is 4. The van der Waals surface area contributed by atoms with Crippen molar-refractivity contribution >= 4 is 22.7 Å². The van der Waals surface area contributed by atoms with Crippen LogP contribution in [0.3, 0.4) is 0 Å². The molecule has 0 amide bonds. The van der Waals surface area contributed by atoms with Crippen molar-refractivity contribution in [1.29, 1.82) is 0 Å². The molecule has 1 aliphatic carbocycles. The molecule has 6 nitrogen and oxygen atoms in total. The van der Waals surface area contributed by atoms with E-state index in [4.69, 9.17) is 0 Å². The van der Waals surface area contributed by atoms with E-state index in [1.165, 1.54) is 41.4 Å². The number of anilines is 2. The average Bonchev–Trinajstić information content (AvgIpc) is 3.12. The minimum atomic E-state index is 0.428. The molecule has 6 heteroatoms. The van der Waals surface area contributed by atoms with Crippen molar-refractivity contribution in [3.05, 3.63) is 47.8 Å². The van der Waals surface area contributed by atoms with E-state index in [0.29, 0.717) is 17.9 Å². The third kappa shape index (κ3) is 4.88. The van der Waals surface area contributed by atoms with E-state index >= 15 is 0 Å². The van der Waals surface area contributed by atoms with Crippen molar-refractivity contribution in [3.8, 4) is 0 Å². The third-order valence-corrected chi connectivity index (χ3v) is 5.49. The van der Waals surface area contributed by atoms with Crippen molar-refractivity contribution in [3.63, 3.8) is 0 Å². The molecule has 0 aliphatic heterocycles. The van der Waals surface area contributed by atoms with Crippen LogP contribution in [-0.4, -0.2) is 34.6 Å². The first-order chi connectivity index (χ1) is 14.2. The fourth-order valence-electron chi connectivity index (χ4n) is 4.04. The summed E-state index contributed by atoms with van der Waals surface area (Å²) in [7, 11) is 0. The van der Waals surface area contributed by atoms with Gasteiger partial charge in [0.2, 0.25) is 5.95 Å². The zero-order valence-corrected chi connectivity index (χ0v) is 17.5. The van der Waals surface area contributed by atoms with Crippen LogP contribution in [0, 0.1) is 5.92 Å². The highest BCUT2D eigenvalue weighted by atomic mass is 15.1. The molecule has 1 unspecified atom stereocenters.